The van der Waals surface area contributed by atoms with Crippen molar-refractivity contribution in [1.82, 2.24) is 10.2 Å². The fourth-order valence-electron chi connectivity index (χ4n) is 2.22. The number of carbonyl (C=O) groups is 2. The maximum atomic E-state index is 13.3. The molecule has 1 aliphatic rings. The highest BCUT2D eigenvalue weighted by molar-refractivity contribution is 5.80. The minimum Gasteiger partial charge on any atom is -0.481 e. The molecule has 1 fully saturated rings. The number of hydrogen-bond acceptors (Lipinski definition) is 3. The molecule has 1 saturated heterocycles. The van der Waals surface area contributed by atoms with E-state index in [9.17, 15) is 18.4 Å². The fraction of sp³-hybridized carbons (Fsp3) is 0.467. The number of likely N-dealkylation sites (tertiary alicyclic amines) is 1. The van der Waals surface area contributed by atoms with Crippen molar-refractivity contribution in [2.45, 2.75) is 19.3 Å². The molecular weight excluding hydrogens is 294 g/mol. The molecule has 0 aliphatic carbocycles. The van der Waals surface area contributed by atoms with Crippen LogP contribution in [0.25, 0.3) is 0 Å². The summed E-state index contributed by atoms with van der Waals surface area (Å²) < 4.78 is 31.0. The Bertz CT molecular complexity index is 546. The lowest BCUT2D eigenvalue weighted by Crippen LogP contribution is -2.34. The molecule has 22 heavy (non-hydrogen) atoms. The van der Waals surface area contributed by atoms with Crippen molar-refractivity contribution in [3.05, 3.63) is 29.8 Å². The van der Waals surface area contributed by atoms with Gasteiger partial charge in [-0.1, -0.05) is 0 Å². The number of rotatable bonds is 6. The molecule has 0 unspecified atom stereocenters. The predicted molar refractivity (Wildman–Crippen MR) is 75.3 cm³/mol. The Morgan fingerprint density at radius 3 is 2.64 bits per heavy atom. The average molecular weight is 312 g/mol. The van der Waals surface area contributed by atoms with Crippen LogP contribution in [-0.4, -0.2) is 43.0 Å². The summed E-state index contributed by atoms with van der Waals surface area (Å²) in [6.07, 6.45) is 2.28. The Labute approximate surface area is 127 Å². The Kier molecular flexibility index (Phi) is 5.68. The van der Waals surface area contributed by atoms with Gasteiger partial charge in [-0.3, -0.25) is 9.59 Å². The summed E-state index contributed by atoms with van der Waals surface area (Å²) in [7, 11) is 0. The van der Waals surface area contributed by atoms with E-state index in [2.05, 4.69) is 5.32 Å². The van der Waals surface area contributed by atoms with Gasteiger partial charge in [0.15, 0.2) is 18.2 Å². The van der Waals surface area contributed by atoms with Crippen molar-refractivity contribution in [2.75, 3.05) is 26.2 Å². The van der Waals surface area contributed by atoms with Crippen molar-refractivity contribution >= 4 is 11.8 Å². The number of hydrogen-bond donors (Lipinski definition) is 1. The van der Waals surface area contributed by atoms with Gasteiger partial charge in [0.25, 0.3) is 5.91 Å². The summed E-state index contributed by atoms with van der Waals surface area (Å²) >= 11 is 0. The third kappa shape index (κ3) is 4.68. The van der Waals surface area contributed by atoms with Crippen LogP contribution in [0.5, 0.6) is 5.75 Å². The van der Waals surface area contributed by atoms with Crippen LogP contribution in [0.3, 0.4) is 0 Å². The van der Waals surface area contributed by atoms with Crippen LogP contribution in [0.2, 0.25) is 0 Å². The molecule has 1 N–H and O–H groups in total. The topological polar surface area (TPSA) is 58.6 Å². The monoisotopic (exact) mass is 312 g/mol. The van der Waals surface area contributed by atoms with Crippen molar-refractivity contribution < 1.29 is 23.1 Å². The van der Waals surface area contributed by atoms with E-state index in [4.69, 9.17) is 4.74 Å². The highest BCUT2D eigenvalue weighted by Crippen LogP contribution is 2.17. The first-order chi connectivity index (χ1) is 10.6. The van der Waals surface area contributed by atoms with E-state index in [0.717, 1.165) is 38.1 Å². The first-order valence-electron chi connectivity index (χ1n) is 7.18. The first kappa shape index (κ1) is 16.2. The minimum atomic E-state index is -0.864. The maximum absolute atomic E-state index is 13.3. The second kappa shape index (κ2) is 7.72. The predicted octanol–water partition coefficient (Wildman–Crippen LogP) is 1.47. The zero-order chi connectivity index (χ0) is 15.9. The lowest BCUT2D eigenvalue weighted by atomic mass is 10.3. The zero-order valence-corrected chi connectivity index (χ0v) is 12.1. The van der Waals surface area contributed by atoms with Gasteiger partial charge in [-0.2, -0.15) is 0 Å². The van der Waals surface area contributed by atoms with Gasteiger partial charge < -0.3 is 15.0 Å². The normalized spacial score (nSPS) is 14.0. The Balaban J connectivity index is 1.66. The summed E-state index contributed by atoms with van der Waals surface area (Å²) in [5.74, 6) is -2.21. The van der Waals surface area contributed by atoms with Crippen molar-refractivity contribution in [3.8, 4) is 5.75 Å². The molecule has 5 nitrogen and oxygen atoms in total. The molecule has 1 aromatic rings. The number of ether oxygens (including phenoxy) is 1. The molecule has 0 atom stereocenters. The van der Waals surface area contributed by atoms with E-state index in [0.29, 0.717) is 6.07 Å². The number of nitrogens with one attached hydrogen (secondary N) is 1. The van der Waals surface area contributed by atoms with Gasteiger partial charge in [-0.15, -0.1) is 0 Å². The standard InChI is InChI=1S/C15H18F2N2O3/c16-11-3-4-13(12(17)9-11)22-10-14(20)18-6-5-15(21)19-7-1-2-8-19/h3-4,9H,1-2,5-8,10H2,(H,18,20). The van der Waals surface area contributed by atoms with Crippen LogP contribution in [0.1, 0.15) is 19.3 Å². The highest BCUT2D eigenvalue weighted by Gasteiger charge is 2.17. The average Bonchev–Trinajstić information content (AvgIpc) is 3.00. The Morgan fingerprint density at radius 2 is 1.95 bits per heavy atom. The van der Waals surface area contributed by atoms with E-state index < -0.39 is 17.5 Å². The third-order valence-corrected chi connectivity index (χ3v) is 3.37. The van der Waals surface area contributed by atoms with E-state index in [1.54, 1.807) is 4.90 Å². The molecule has 0 aromatic heterocycles. The molecular formula is C15H18F2N2O3. The molecule has 1 aromatic carbocycles. The molecule has 2 amide bonds. The fourth-order valence-corrected chi connectivity index (χ4v) is 2.22. The summed E-state index contributed by atoms with van der Waals surface area (Å²) in [6.45, 7) is 1.38. The molecule has 1 heterocycles. The number of halogens is 2. The van der Waals surface area contributed by atoms with E-state index in [1.807, 2.05) is 0 Å². The quantitative estimate of drug-likeness (QED) is 0.865. The number of benzene rings is 1. The summed E-state index contributed by atoms with van der Waals surface area (Å²) in [6, 6.07) is 2.85. The van der Waals surface area contributed by atoms with Crippen LogP contribution >= 0.6 is 0 Å². The SMILES string of the molecule is O=C(COc1ccc(F)cc1F)NCCC(=O)N1CCCC1. The maximum Gasteiger partial charge on any atom is 0.257 e. The summed E-state index contributed by atoms with van der Waals surface area (Å²) in [5, 5.41) is 2.53. The lowest BCUT2D eigenvalue weighted by Gasteiger charge is -2.15. The highest BCUT2D eigenvalue weighted by atomic mass is 19.1. The second-order valence-corrected chi connectivity index (χ2v) is 5.05. The van der Waals surface area contributed by atoms with Gasteiger partial charge in [0.2, 0.25) is 5.91 Å². The van der Waals surface area contributed by atoms with Crippen molar-refractivity contribution in [2.24, 2.45) is 0 Å². The molecule has 7 heteroatoms. The zero-order valence-electron chi connectivity index (χ0n) is 12.1. The number of amides is 2. The minimum absolute atomic E-state index is 0.0169. The van der Waals surface area contributed by atoms with Gasteiger partial charge in [-0.25, -0.2) is 8.78 Å². The molecule has 0 saturated carbocycles. The smallest absolute Gasteiger partial charge is 0.257 e. The largest absolute Gasteiger partial charge is 0.481 e. The van der Waals surface area contributed by atoms with Gasteiger partial charge in [-0.05, 0) is 25.0 Å². The number of nitrogens with zero attached hydrogens (tertiary/aromatic N) is 1. The van der Waals surface area contributed by atoms with Gasteiger partial charge >= 0.3 is 0 Å². The Morgan fingerprint density at radius 1 is 1.23 bits per heavy atom. The van der Waals surface area contributed by atoms with E-state index >= 15 is 0 Å². The second-order valence-electron chi connectivity index (χ2n) is 5.05. The van der Waals surface area contributed by atoms with Crippen molar-refractivity contribution in [3.63, 3.8) is 0 Å². The first-order valence-corrected chi connectivity index (χ1v) is 7.18. The molecule has 2 rings (SSSR count). The van der Waals surface area contributed by atoms with Gasteiger partial charge in [0, 0.05) is 32.1 Å². The summed E-state index contributed by atoms with van der Waals surface area (Å²) in [5.41, 5.74) is 0. The van der Waals surface area contributed by atoms with Gasteiger partial charge in [0.05, 0.1) is 0 Å². The molecule has 0 bridgehead atoms. The third-order valence-electron chi connectivity index (χ3n) is 3.37. The van der Waals surface area contributed by atoms with E-state index in [1.165, 1.54) is 0 Å². The van der Waals surface area contributed by atoms with Crippen LogP contribution in [0.4, 0.5) is 8.78 Å². The lowest BCUT2D eigenvalue weighted by molar-refractivity contribution is -0.130. The molecule has 1 aliphatic heterocycles. The number of carbonyl (C=O) groups excluding carboxylic acids is 2. The van der Waals surface area contributed by atoms with Crippen LogP contribution < -0.4 is 10.1 Å². The van der Waals surface area contributed by atoms with Crippen LogP contribution in [0, 0.1) is 11.6 Å². The molecule has 120 valence electrons. The summed E-state index contributed by atoms with van der Waals surface area (Å²) in [4.78, 5) is 25.1. The molecule has 0 radical (unpaired) electrons. The van der Waals surface area contributed by atoms with Crippen LogP contribution in [0.15, 0.2) is 18.2 Å². The Hall–Kier alpha value is -2.18. The van der Waals surface area contributed by atoms with Crippen molar-refractivity contribution in [1.29, 1.82) is 0 Å². The van der Waals surface area contributed by atoms with Gasteiger partial charge in [0.1, 0.15) is 5.82 Å². The molecule has 0 spiro atoms. The van der Waals surface area contributed by atoms with Crippen LogP contribution in [-0.2, 0) is 9.59 Å². The van der Waals surface area contributed by atoms with E-state index in [-0.39, 0.29) is 31.2 Å².